The van der Waals surface area contributed by atoms with E-state index in [2.05, 4.69) is 17.2 Å². The molecule has 0 heterocycles. The Kier molecular flexibility index (Phi) is 8.37. The molecule has 0 atom stereocenters. The van der Waals surface area contributed by atoms with Gasteiger partial charge in [-0.3, -0.25) is 0 Å². The lowest BCUT2D eigenvalue weighted by Crippen LogP contribution is -2.30. The molecule has 29 heavy (non-hydrogen) atoms. The van der Waals surface area contributed by atoms with Crippen molar-refractivity contribution in [2.45, 2.75) is 20.3 Å². The van der Waals surface area contributed by atoms with E-state index in [0.717, 1.165) is 11.3 Å². The van der Waals surface area contributed by atoms with Gasteiger partial charge in [0.15, 0.2) is 0 Å². The van der Waals surface area contributed by atoms with E-state index in [1.807, 2.05) is 50.2 Å². The number of urea groups is 1. The molecule has 1 aliphatic carbocycles. The molecule has 0 spiro atoms. The van der Waals surface area contributed by atoms with Gasteiger partial charge >= 0.3 is 6.03 Å². The van der Waals surface area contributed by atoms with Crippen LogP contribution in [0.2, 0.25) is 0 Å². The summed E-state index contributed by atoms with van der Waals surface area (Å²) in [5.41, 5.74) is 3.12. The normalized spacial score (nSPS) is 14.3. The molecule has 0 unspecified atom stereocenters. The number of likely N-dealkylation sites (N-methyl/N-ethyl adjacent to an activating group) is 1. The van der Waals surface area contributed by atoms with Gasteiger partial charge in [0.05, 0.1) is 17.7 Å². The van der Waals surface area contributed by atoms with Crippen LogP contribution in [0.3, 0.4) is 0 Å². The maximum atomic E-state index is 12.6. The van der Waals surface area contributed by atoms with Crippen LogP contribution in [0.25, 0.3) is 0 Å². The van der Waals surface area contributed by atoms with Gasteiger partial charge in [0.1, 0.15) is 5.75 Å². The first kappa shape index (κ1) is 22.1. The number of benzene rings is 1. The van der Waals surface area contributed by atoms with Crippen LogP contribution < -0.4 is 15.4 Å². The maximum absolute atomic E-state index is 12.6. The highest BCUT2D eigenvalue weighted by molar-refractivity contribution is 6.30. The van der Waals surface area contributed by atoms with Crippen LogP contribution in [-0.2, 0) is 0 Å². The number of carbonyl (C=O) groups excluding carboxylic acids is 1. The van der Waals surface area contributed by atoms with Gasteiger partial charge in [-0.05, 0) is 56.3 Å². The summed E-state index contributed by atoms with van der Waals surface area (Å²) in [6.07, 6.45) is 13.1. The summed E-state index contributed by atoms with van der Waals surface area (Å²) in [4.78, 5) is 14.5. The van der Waals surface area contributed by atoms with Crippen molar-refractivity contribution in [1.82, 2.24) is 10.2 Å². The van der Waals surface area contributed by atoms with Gasteiger partial charge in [0, 0.05) is 30.4 Å². The molecule has 0 aromatic heterocycles. The Hall–Kier alpha value is -3.18. The first-order chi connectivity index (χ1) is 13.9. The quantitative estimate of drug-likeness (QED) is 0.425. The van der Waals surface area contributed by atoms with E-state index < -0.39 is 0 Å². The molecule has 0 saturated carbocycles. The molecule has 1 aromatic rings. The summed E-state index contributed by atoms with van der Waals surface area (Å²) in [6.45, 7) is 7.53. The molecule has 0 aliphatic heterocycles. The molecular weight excluding hydrogens is 386 g/mol. The van der Waals surface area contributed by atoms with Gasteiger partial charge in [-0.25, -0.2) is 4.79 Å². The van der Waals surface area contributed by atoms with Crippen LogP contribution in [0.1, 0.15) is 20.3 Å². The van der Waals surface area contributed by atoms with Crippen molar-refractivity contribution in [3.05, 3.63) is 95.7 Å². The third-order valence-electron chi connectivity index (χ3n) is 3.93. The second kappa shape index (κ2) is 11.0. The SMILES string of the molecule is C=C/C=C\N(C)C1=C(NC(=O)Nc2ccc(O/C=C/C)cc2)C=C(C)CC(Cl)=C1. The average molecular weight is 412 g/mol. The minimum Gasteiger partial charge on any atom is -0.465 e. The lowest BCUT2D eigenvalue weighted by atomic mass is 10.2. The number of amides is 2. The fraction of sp³-hybridized carbons (Fsp3) is 0.174. The van der Waals surface area contributed by atoms with Gasteiger partial charge in [-0.2, -0.15) is 0 Å². The number of allylic oxidation sites excluding steroid dienone is 7. The number of hydrogen-bond acceptors (Lipinski definition) is 3. The van der Waals surface area contributed by atoms with Crippen LogP contribution in [-0.4, -0.2) is 18.0 Å². The molecule has 0 saturated heterocycles. The van der Waals surface area contributed by atoms with Crippen molar-refractivity contribution in [1.29, 1.82) is 0 Å². The van der Waals surface area contributed by atoms with Crippen LogP contribution in [0.15, 0.2) is 95.7 Å². The lowest BCUT2D eigenvalue weighted by Gasteiger charge is -2.19. The monoisotopic (exact) mass is 411 g/mol. The summed E-state index contributed by atoms with van der Waals surface area (Å²) in [6, 6.07) is 6.77. The molecule has 0 radical (unpaired) electrons. The number of halogens is 1. The third kappa shape index (κ3) is 7.05. The van der Waals surface area contributed by atoms with Crippen LogP contribution in [0.5, 0.6) is 5.75 Å². The highest BCUT2D eigenvalue weighted by Crippen LogP contribution is 2.25. The summed E-state index contributed by atoms with van der Waals surface area (Å²) in [7, 11) is 1.88. The molecule has 5 nitrogen and oxygen atoms in total. The number of ether oxygens (including phenoxy) is 1. The smallest absolute Gasteiger partial charge is 0.323 e. The molecule has 1 aromatic carbocycles. The number of hydrogen-bond donors (Lipinski definition) is 2. The van der Waals surface area contributed by atoms with Gasteiger partial charge in [0.2, 0.25) is 0 Å². The second-order valence-electron chi connectivity index (χ2n) is 6.44. The summed E-state index contributed by atoms with van der Waals surface area (Å²) in [5, 5.41) is 6.44. The maximum Gasteiger partial charge on any atom is 0.323 e. The second-order valence-corrected chi connectivity index (χ2v) is 6.92. The van der Waals surface area contributed by atoms with Crippen LogP contribution in [0, 0.1) is 0 Å². The third-order valence-corrected chi connectivity index (χ3v) is 4.18. The minimum atomic E-state index is -0.351. The lowest BCUT2D eigenvalue weighted by molar-refractivity contribution is 0.254. The number of carbonyl (C=O) groups is 1. The van der Waals surface area contributed by atoms with E-state index in [9.17, 15) is 4.79 Å². The van der Waals surface area contributed by atoms with Gasteiger partial charge < -0.3 is 20.3 Å². The first-order valence-electron chi connectivity index (χ1n) is 9.18. The topological polar surface area (TPSA) is 53.6 Å². The summed E-state index contributed by atoms with van der Waals surface area (Å²) in [5.74, 6) is 0.691. The standard InChI is InChI=1S/C23H26ClN3O2/c1-5-7-12-27(4)22-16-18(24)14-17(3)15-21(22)26-23(28)25-19-8-10-20(11-9-19)29-13-6-2/h5-13,15-16H,1,14H2,2-4H3,(H2,25,26,28)/b12-7-,13-6+. The molecular formula is C23H26ClN3O2. The van der Waals surface area contributed by atoms with E-state index in [1.165, 1.54) is 0 Å². The van der Waals surface area contributed by atoms with Crippen molar-refractivity contribution >= 4 is 23.3 Å². The molecule has 2 rings (SSSR count). The van der Waals surface area contributed by atoms with E-state index in [1.54, 1.807) is 42.7 Å². The van der Waals surface area contributed by atoms with E-state index in [0.29, 0.717) is 28.6 Å². The minimum absolute atomic E-state index is 0.351. The number of nitrogens with one attached hydrogen (secondary N) is 2. The van der Waals surface area contributed by atoms with E-state index in [-0.39, 0.29) is 6.03 Å². The zero-order chi connectivity index (χ0) is 21.2. The molecule has 0 bridgehead atoms. The van der Waals surface area contributed by atoms with Crippen molar-refractivity contribution in [3.63, 3.8) is 0 Å². The Morgan fingerprint density at radius 2 is 1.97 bits per heavy atom. The fourth-order valence-corrected chi connectivity index (χ4v) is 2.94. The summed E-state index contributed by atoms with van der Waals surface area (Å²) >= 11 is 6.34. The van der Waals surface area contributed by atoms with Crippen LogP contribution in [0.4, 0.5) is 10.5 Å². The molecule has 6 heteroatoms. The van der Waals surface area contributed by atoms with E-state index >= 15 is 0 Å². The molecule has 2 N–H and O–H groups in total. The van der Waals surface area contributed by atoms with Crippen molar-refractivity contribution in [2.24, 2.45) is 0 Å². The van der Waals surface area contributed by atoms with Crippen molar-refractivity contribution in [2.75, 3.05) is 12.4 Å². The van der Waals surface area contributed by atoms with Gasteiger partial charge in [-0.1, -0.05) is 35.9 Å². The van der Waals surface area contributed by atoms with Crippen LogP contribution >= 0.6 is 11.6 Å². The largest absolute Gasteiger partial charge is 0.465 e. The van der Waals surface area contributed by atoms with Gasteiger partial charge in [0.25, 0.3) is 0 Å². The Labute approximate surface area is 177 Å². The predicted molar refractivity (Wildman–Crippen MR) is 120 cm³/mol. The van der Waals surface area contributed by atoms with E-state index in [4.69, 9.17) is 16.3 Å². The predicted octanol–water partition coefficient (Wildman–Crippen LogP) is 6.04. The zero-order valence-corrected chi connectivity index (χ0v) is 17.7. The van der Waals surface area contributed by atoms with Crippen molar-refractivity contribution < 1.29 is 9.53 Å². The summed E-state index contributed by atoms with van der Waals surface area (Å²) < 4.78 is 5.38. The highest BCUT2D eigenvalue weighted by atomic mass is 35.5. The number of nitrogens with zero attached hydrogens (tertiary/aromatic N) is 1. The average Bonchev–Trinajstić information content (AvgIpc) is 2.82. The Balaban J connectivity index is 2.20. The zero-order valence-electron chi connectivity index (χ0n) is 16.9. The Bertz CT molecular complexity index is 893. The first-order valence-corrected chi connectivity index (χ1v) is 9.56. The van der Waals surface area contributed by atoms with Crippen molar-refractivity contribution in [3.8, 4) is 5.75 Å². The number of rotatable bonds is 7. The Morgan fingerprint density at radius 3 is 2.62 bits per heavy atom. The highest BCUT2D eigenvalue weighted by Gasteiger charge is 2.15. The molecule has 0 fully saturated rings. The molecule has 1 aliphatic rings. The molecule has 152 valence electrons. The fourth-order valence-electron chi connectivity index (χ4n) is 2.63. The molecule has 2 amide bonds. The Morgan fingerprint density at radius 1 is 1.24 bits per heavy atom. The van der Waals surface area contributed by atoms with Gasteiger partial charge in [-0.15, -0.1) is 0 Å². The number of anilines is 1.